The molecule has 0 bridgehead atoms. The van der Waals surface area contributed by atoms with E-state index in [0.717, 1.165) is 6.92 Å². The summed E-state index contributed by atoms with van der Waals surface area (Å²) in [6.07, 6.45) is -10.4. The minimum Gasteiger partial charge on any atom is -0.323 e. The predicted molar refractivity (Wildman–Crippen MR) is 77.5 cm³/mol. The average Bonchev–Trinajstić information content (AvgIpc) is 2.91. The molecular formula is C14H9ClF6N4O. The monoisotopic (exact) mass is 398 g/mol. The maximum atomic E-state index is 13.0. The highest BCUT2D eigenvalue weighted by Gasteiger charge is 2.51. The fourth-order valence-corrected chi connectivity index (χ4v) is 2.44. The Morgan fingerprint density at radius 3 is 2.42 bits per heavy atom. The molecule has 2 unspecified atom stereocenters. The molecule has 1 aromatic rings. The number of rotatable bonds is 2. The molecule has 0 saturated carbocycles. The third-order valence-corrected chi connectivity index (χ3v) is 3.97. The summed E-state index contributed by atoms with van der Waals surface area (Å²) in [5.41, 5.74) is -4.53. The standard InChI is InChI=1S/C14H9ClF6N4O/c1-12(4-10(24-25-12)14(19,20)21)11(26)23-9-3-7(13(16,17)18)6(5-22)2-8(9)15/h2-3,10H,4H2,1H3,(H,23,26). The van der Waals surface area contributed by atoms with Crippen molar-refractivity contribution in [1.29, 1.82) is 5.26 Å². The number of nitrogens with zero attached hydrogens (tertiary/aromatic N) is 3. The number of azo groups is 1. The smallest absolute Gasteiger partial charge is 0.323 e. The van der Waals surface area contributed by atoms with Gasteiger partial charge >= 0.3 is 12.4 Å². The van der Waals surface area contributed by atoms with Crippen molar-refractivity contribution in [2.45, 2.75) is 37.3 Å². The summed E-state index contributed by atoms with van der Waals surface area (Å²) < 4.78 is 76.9. The molecule has 0 fully saturated rings. The molecule has 1 aliphatic heterocycles. The van der Waals surface area contributed by atoms with Crippen molar-refractivity contribution in [3.63, 3.8) is 0 Å². The molecule has 0 aliphatic carbocycles. The van der Waals surface area contributed by atoms with E-state index >= 15 is 0 Å². The van der Waals surface area contributed by atoms with Crippen molar-refractivity contribution < 1.29 is 31.1 Å². The van der Waals surface area contributed by atoms with E-state index in [1.54, 1.807) is 0 Å². The Balaban J connectivity index is 2.31. The lowest BCUT2D eigenvalue weighted by Gasteiger charge is -2.21. The lowest BCUT2D eigenvalue weighted by Crippen LogP contribution is -2.40. The Morgan fingerprint density at radius 1 is 1.35 bits per heavy atom. The molecule has 1 amide bonds. The summed E-state index contributed by atoms with van der Waals surface area (Å²) in [6.45, 7) is 1.07. The van der Waals surface area contributed by atoms with Gasteiger partial charge in [-0.1, -0.05) is 11.6 Å². The maximum absolute atomic E-state index is 13.0. The zero-order valence-electron chi connectivity index (χ0n) is 12.8. The molecule has 1 heterocycles. The van der Waals surface area contributed by atoms with Crippen LogP contribution in [0.1, 0.15) is 24.5 Å². The minimum absolute atomic E-state index is 0.381. The highest BCUT2D eigenvalue weighted by molar-refractivity contribution is 6.34. The Morgan fingerprint density at radius 2 is 1.96 bits per heavy atom. The molecule has 26 heavy (non-hydrogen) atoms. The van der Waals surface area contributed by atoms with E-state index in [1.807, 2.05) is 5.32 Å². The fourth-order valence-electron chi connectivity index (χ4n) is 2.23. The lowest BCUT2D eigenvalue weighted by atomic mass is 9.94. The molecule has 1 aliphatic rings. The van der Waals surface area contributed by atoms with Crippen LogP contribution in [0.2, 0.25) is 5.02 Å². The second-order valence-electron chi connectivity index (χ2n) is 5.69. The summed E-state index contributed by atoms with van der Waals surface area (Å²) in [5.74, 6) is -1.10. The number of hydrogen-bond donors (Lipinski definition) is 1. The van der Waals surface area contributed by atoms with Crippen molar-refractivity contribution >= 4 is 23.2 Å². The van der Waals surface area contributed by atoms with Crippen LogP contribution >= 0.6 is 11.6 Å². The summed E-state index contributed by atoms with van der Waals surface area (Å²) in [5, 5.41) is 16.7. The number of alkyl halides is 6. The second-order valence-corrected chi connectivity index (χ2v) is 6.10. The Hall–Kier alpha value is -2.35. The number of carbonyl (C=O) groups excluding carboxylic acids is 1. The number of nitriles is 1. The van der Waals surface area contributed by atoms with Crippen LogP contribution in [0.3, 0.4) is 0 Å². The number of hydrogen-bond acceptors (Lipinski definition) is 4. The average molecular weight is 399 g/mol. The summed E-state index contributed by atoms with van der Waals surface area (Å²) in [4.78, 5) is 12.2. The van der Waals surface area contributed by atoms with E-state index in [2.05, 4.69) is 10.2 Å². The predicted octanol–water partition coefficient (Wildman–Crippen LogP) is 4.71. The molecular weight excluding hydrogens is 390 g/mol. The minimum atomic E-state index is -4.90. The lowest BCUT2D eigenvalue weighted by molar-refractivity contribution is -0.148. The molecule has 1 aromatic carbocycles. The number of nitrogens with one attached hydrogen (secondary N) is 1. The molecule has 140 valence electrons. The first kappa shape index (κ1) is 20.0. The van der Waals surface area contributed by atoms with E-state index < -0.39 is 53.1 Å². The third-order valence-electron chi connectivity index (χ3n) is 3.66. The summed E-state index contributed by atoms with van der Waals surface area (Å²) >= 11 is 5.76. The van der Waals surface area contributed by atoms with Gasteiger partial charge in [-0.2, -0.15) is 41.8 Å². The van der Waals surface area contributed by atoms with Crippen LogP contribution in [0.5, 0.6) is 0 Å². The molecule has 0 radical (unpaired) electrons. The number of amides is 1. The first-order chi connectivity index (χ1) is 11.8. The molecule has 12 heteroatoms. The first-order valence-corrected chi connectivity index (χ1v) is 7.27. The number of anilines is 1. The van der Waals surface area contributed by atoms with Gasteiger partial charge in [0.2, 0.25) is 0 Å². The zero-order valence-corrected chi connectivity index (χ0v) is 13.6. The van der Waals surface area contributed by atoms with Crippen LogP contribution in [0.4, 0.5) is 32.0 Å². The topological polar surface area (TPSA) is 77.6 Å². The SMILES string of the molecule is CC1(C(=O)Nc2cc(C(F)(F)F)c(C#N)cc2Cl)CC(C(F)(F)F)N=N1. The largest absolute Gasteiger partial charge is 0.417 e. The molecule has 0 spiro atoms. The Kier molecular flexibility index (Phi) is 4.93. The van der Waals surface area contributed by atoms with Gasteiger partial charge in [-0.25, -0.2) is 0 Å². The zero-order chi connectivity index (χ0) is 19.9. The van der Waals surface area contributed by atoms with Crippen LogP contribution in [-0.2, 0) is 11.0 Å². The molecule has 0 saturated heterocycles. The van der Waals surface area contributed by atoms with Gasteiger partial charge in [0.15, 0.2) is 11.6 Å². The van der Waals surface area contributed by atoms with Crippen LogP contribution in [-0.4, -0.2) is 23.7 Å². The maximum Gasteiger partial charge on any atom is 0.417 e. The normalized spacial score (nSPS) is 23.0. The highest BCUT2D eigenvalue weighted by atomic mass is 35.5. The van der Waals surface area contributed by atoms with Gasteiger partial charge in [0.05, 0.1) is 27.9 Å². The molecule has 2 rings (SSSR count). The number of carbonyl (C=O) groups is 1. The van der Waals surface area contributed by atoms with E-state index in [0.29, 0.717) is 12.1 Å². The van der Waals surface area contributed by atoms with Crippen molar-refractivity contribution in [1.82, 2.24) is 0 Å². The van der Waals surface area contributed by atoms with Gasteiger partial charge in [0.25, 0.3) is 5.91 Å². The molecule has 5 nitrogen and oxygen atoms in total. The van der Waals surface area contributed by atoms with Crippen LogP contribution in [0.15, 0.2) is 22.4 Å². The van der Waals surface area contributed by atoms with E-state index in [9.17, 15) is 31.1 Å². The van der Waals surface area contributed by atoms with Crippen LogP contribution < -0.4 is 5.32 Å². The third kappa shape index (κ3) is 3.90. The quantitative estimate of drug-likeness (QED) is 0.732. The second kappa shape index (κ2) is 6.42. The fraction of sp³-hybridized carbons (Fsp3) is 0.429. The van der Waals surface area contributed by atoms with Gasteiger partial charge in [0.1, 0.15) is 0 Å². The Bertz CT molecular complexity index is 813. The van der Waals surface area contributed by atoms with Gasteiger partial charge in [-0.05, 0) is 19.1 Å². The summed E-state index contributed by atoms with van der Waals surface area (Å²) in [6, 6.07) is 0.298. The van der Waals surface area contributed by atoms with Crippen molar-refractivity contribution in [2.75, 3.05) is 5.32 Å². The van der Waals surface area contributed by atoms with Crippen molar-refractivity contribution in [2.24, 2.45) is 10.2 Å². The van der Waals surface area contributed by atoms with Crippen molar-refractivity contribution in [3.8, 4) is 6.07 Å². The summed E-state index contributed by atoms with van der Waals surface area (Å²) in [7, 11) is 0. The van der Waals surface area contributed by atoms with Gasteiger partial charge in [0, 0.05) is 6.42 Å². The van der Waals surface area contributed by atoms with E-state index in [1.165, 1.54) is 6.07 Å². The Labute approximate surface area is 147 Å². The number of benzene rings is 1. The van der Waals surface area contributed by atoms with Crippen LogP contribution in [0, 0.1) is 11.3 Å². The van der Waals surface area contributed by atoms with E-state index in [-0.39, 0.29) is 5.02 Å². The van der Waals surface area contributed by atoms with E-state index in [4.69, 9.17) is 16.9 Å². The number of halogens is 7. The van der Waals surface area contributed by atoms with Gasteiger partial charge in [-0.15, -0.1) is 0 Å². The molecule has 2 atom stereocenters. The first-order valence-electron chi connectivity index (χ1n) is 6.89. The van der Waals surface area contributed by atoms with Gasteiger partial charge < -0.3 is 5.32 Å². The highest BCUT2D eigenvalue weighted by Crippen LogP contribution is 2.39. The molecule has 1 N–H and O–H groups in total. The van der Waals surface area contributed by atoms with Crippen LogP contribution in [0.25, 0.3) is 0 Å². The molecule has 0 aromatic heterocycles. The van der Waals surface area contributed by atoms with Crippen molar-refractivity contribution in [3.05, 3.63) is 28.3 Å². The van der Waals surface area contributed by atoms with Gasteiger partial charge in [-0.3, -0.25) is 4.79 Å².